The Kier molecular flexibility index (Phi) is 6.27. The zero-order valence-electron chi connectivity index (χ0n) is 17.1. The Hall–Kier alpha value is -2.72. The third-order valence-corrected chi connectivity index (χ3v) is 7.08. The maximum atomic E-state index is 12.0. The van der Waals surface area contributed by atoms with Crippen molar-refractivity contribution in [2.24, 2.45) is 0 Å². The molecule has 2 amide bonds. The van der Waals surface area contributed by atoms with E-state index in [2.05, 4.69) is 9.44 Å². The molecule has 0 aromatic heterocycles. The molecular formula is C20H24N4O4S2. The molecule has 2 N–H and O–H groups in total. The van der Waals surface area contributed by atoms with Crippen LogP contribution < -0.4 is 9.44 Å². The molecule has 2 aromatic carbocycles. The normalized spacial score (nSPS) is 16.9. The molecule has 0 bridgehead atoms. The van der Waals surface area contributed by atoms with E-state index in [1.807, 2.05) is 38.1 Å². The van der Waals surface area contributed by atoms with Crippen LogP contribution in [0.1, 0.15) is 48.4 Å². The lowest BCUT2D eigenvalue weighted by atomic mass is 10.1. The third-order valence-electron chi connectivity index (χ3n) is 4.41. The summed E-state index contributed by atoms with van der Waals surface area (Å²) in [5.74, 6) is -0.399. The highest BCUT2D eigenvalue weighted by Crippen LogP contribution is 2.30. The topological polar surface area (TPSA) is 98.8 Å². The van der Waals surface area contributed by atoms with Gasteiger partial charge in [-0.1, -0.05) is 24.3 Å². The van der Waals surface area contributed by atoms with Crippen molar-refractivity contribution in [3.63, 3.8) is 0 Å². The van der Waals surface area contributed by atoms with E-state index < -0.39 is 22.2 Å². The second-order valence-corrected chi connectivity index (χ2v) is 9.64. The van der Waals surface area contributed by atoms with Crippen LogP contribution in [-0.4, -0.2) is 40.9 Å². The molecule has 0 saturated heterocycles. The maximum absolute atomic E-state index is 12.0. The number of fused-ring (bicyclic) bond motifs is 2. The van der Waals surface area contributed by atoms with Crippen LogP contribution in [0.5, 0.6) is 0 Å². The van der Waals surface area contributed by atoms with E-state index in [9.17, 15) is 18.0 Å². The van der Waals surface area contributed by atoms with Gasteiger partial charge in [0, 0.05) is 12.1 Å². The van der Waals surface area contributed by atoms with Crippen LogP contribution in [0.15, 0.2) is 48.5 Å². The number of carbonyl (C=O) groups excluding carboxylic acids is 2. The summed E-state index contributed by atoms with van der Waals surface area (Å²) in [5.41, 5.74) is 2.37. The predicted molar refractivity (Wildman–Crippen MR) is 119 cm³/mol. The van der Waals surface area contributed by atoms with Crippen LogP contribution in [0.2, 0.25) is 0 Å². The molecule has 160 valence electrons. The molecule has 0 unspecified atom stereocenters. The van der Waals surface area contributed by atoms with Gasteiger partial charge in [0.2, 0.25) is 0 Å². The minimum Gasteiger partial charge on any atom is -0.311 e. The number of carbonyl (C=O) groups is 2. The minimum absolute atomic E-state index is 0.0827. The molecule has 0 spiro atoms. The van der Waals surface area contributed by atoms with Crippen molar-refractivity contribution in [2.45, 2.75) is 39.8 Å². The van der Waals surface area contributed by atoms with Gasteiger partial charge in [-0.3, -0.25) is 18.6 Å². The Morgan fingerprint density at radius 3 is 1.90 bits per heavy atom. The molecule has 8 nitrogen and oxygen atoms in total. The summed E-state index contributed by atoms with van der Waals surface area (Å²) in [6, 6.07) is 13.9. The fraction of sp³-hybridized carbons (Fsp3) is 0.300. The summed E-state index contributed by atoms with van der Waals surface area (Å²) in [4.78, 5) is 23.9. The predicted octanol–water partition coefficient (Wildman–Crippen LogP) is 3.73. The van der Waals surface area contributed by atoms with Gasteiger partial charge < -0.3 is 4.72 Å². The van der Waals surface area contributed by atoms with Gasteiger partial charge in [0.05, 0.1) is 34.6 Å². The first-order valence-corrected chi connectivity index (χ1v) is 11.7. The number of para-hydroxylation sites is 2. The SMILES string of the molecule is CC(C)N1C(=O)c2ccccc2NS1(=O)=O.CC(C)N1SNc2ccccc2C1=O. The van der Waals surface area contributed by atoms with Crippen molar-refractivity contribution in [1.29, 1.82) is 0 Å². The van der Waals surface area contributed by atoms with Crippen LogP contribution in [0.25, 0.3) is 0 Å². The molecule has 0 fully saturated rings. The van der Waals surface area contributed by atoms with Crippen molar-refractivity contribution >= 4 is 45.5 Å². The number of amides is 2. The fourth-order valence-electron chi connectivity index (χ4n) is 3.04. The molecule has 4 rings (SSSR count). The lowest BCUT2D eigenvalue weighted by Crippen LogP contribution is -2.48. The molecule has 0 atom stereocenters. The second kappa shape index (κ2) is 8.57. The van der Waals surface area contributed by atoms with Crippen molar-refractivity contribution in [2.75, 3.05) is 9.44 Å². The lowest BCUT2D eigenvalue weighted by molar-refractivity contribution is 0.0829. The monoisotopic (exact) mass is 448 g/mol. The summed E-state index contributed by atoms with van der Waals surface area (Å²) in [6.07, 6.45) is 0. The van der Waals surface area contributed by atoms with Gasteiger partial charge in [-0.25, -0.2) is 4.31 Å². The van der Waals surface area contributed by atoms with Crippen molar-refractivity contribution in [1.82, 2.24) is 8.61 Å². The Bertz CT molecular complexity index is 1070. The molecule has 10 heteroatoms. The summed E-state index contributed by atoms with van der Waals surface area (Å²) in [5, 5.41) is 0. The molecular weight excluding hydrogens is 424 g/mol. The van der Waals surface area contributed by atoms with E-state index >= 15 is 0 Å². The average molecular weight is 449 g/mol. The Balaban J connectivity index is 0.000000172. The van der Waals surface area contributed by atoms with Gasteiger partial charge >= 0.3 is 10.2 Å². The van der Waals surface area contributed by atoms with E-state index in [1.165, 1.54) is 12.1 Å². The van der Waals surface area contributed by atoms with Gasteiger partial charge in [0.15, 0.2) is 0 Å². The zero-order chi connectivity index (χ0) is 22.1. The molecule has 2 aliphatic rings. The van der Waals surface area contributed by atoms with E-state index in [0.717, 1.165) is 15.6 Å². The van der Waals surface area contributed by atoms with Crippen molar-refractivity contribution < 1.29 is 18.0 Å². The van der Waals surface area contributed by atoms with Crippen LogP contribution in [0.3, 0.4) is 0 Å². The Labute approximate surface area is 181 Å². The van der Waals surface area contributed by atoms with Crippen LogP contribution in [-0.2, 0) is 10.2 Å². The highest BCUT2D eigenvalue weighted by Gasteiger charge is 2.36. The fourth-order valence-corrected chi connectivity index (χ4v) is 5.24. The first-order chi connectivity index (χ1) is 14.1. The van der Waals surface area contributed by atoms with Crippen LogP contribution in [0, 0.1) is 0 Å². The molecule has 2 aromatic rings. The first-order valence-electron chi connectivity index (χ1n) is 9.44. The van der Waals surface area contributed by atoms with Gasteiger partial charge in [0.1, 0.15) is 0 Å². The van der Waals surface area contributed by atoms with Crippen molar-refractivity contribution in [3.8, 4) is 0 Å². The second-order valence-electron chi connectivity index (χ2n) is 7.31. The molecule has 30 heavy (non-hydrogen) atoms. The maximum Gasteiger partial charge on any atom is 0.326 e. The summed E-state index contributed by atoms with van der Waals surface area (Å²) in [6.45, 7) is 7.32. The quantitative estimate of drug-likeness (QED) is 0.679. The smallest absolute Gasteiger partial charge is 0.311 e. The third kappa shape index (κ3) is 4.24. The zero-order valence-corrected chi connectivity index (χ0v) is 18.8. The van der Waals surface area contributed by atoms with E-state index in [4.69, 9.17) is 0 Å². The minimum atomic E-state index is -3.75. The van der Waals surface area contributed by atoms with Crippen LogP contribution in [0.4, 0.5) is 11.4 Å². The summed E-state index contributed by atoms with van der Waals surface area (Å²) < 4.78 is 31.7. The number of hydrogen-bond acceptors (Lipinski definition) is 6. The number of hydrogen-bond donors (Lipinski definition) is 2. The van der Waals surface area contributed by atoms with Gasteiger partial charge in [-0.05, 0) is 52.0 Å². The largest absolute Gasteiger partial charge is 0.326 e. The number of rotatable bonds is 2. The summed E-state index contributed by atoms with van der Waals surface area (Å²) >= 11 is 1.36. The number of nitrogens with one attached hydrogen (secondary N) is 2. The van der Waals surface area contributed by atoms with Gasteiger partial charge in [0.25, 0.3) is 11.8 Å². The standard InChI is InChI=1S/C10H12N2O3S.C10H12N2OS/c1-7(2)12-10(13)8-5-3-4-6-9(8)11-16(12,14)15;1-7(2)12-10(13)8-5-3-4-6-9(8)11-14-12/h3-7,11H,1-2H3;3-7,11H,1-2H3. The molecule has 0 aliphatic carbocycles. The van der Waals surface area contributed by atoms with Gasteiger partial charge in [-0.15, -0.1) is 0 Å². The average Bonchev–Trinajstić information content (AvgIpc) is 2.67. The van der Waals surface area contributed by atoms with Crippen LogP contribution >= 0.6 is 12.1 Å². The van der Waals surface area contributed by atoms with Crippen molar-refractivity contribution in [3.05, 3.63) is 59.7 Å². The lowest BCUT2D eigenvalue weighted by Gasteiger charge is -2.31. The Morgan fingerprint density at radius 2 is 1.33 bits per heavy atom. The first kappa shape index (κ1) is 22.0. The molecule has 2 heterocycles. The number of nitrogens with zero attached hydrogens (tertiary/aromatic N) is 2. The van der Waals surface area contributed by atoms with E-state index in [-0.39, 0.29) is 11.9 Å². The number of benzene rings is 2. The molecule has 0 radical (unpaired) electrons. The summed E-state index contributed by atoms with van der Waals surface area (Å²) in [7, 11) is -3.75. The highest BCUT2D eigenvalue weighted by atomic mass is 32.2. The van der Waals surface area contributed by atoms with Gasteiger partial charge in [-0.2, -0.15) is 8.42 Å². The van der Waals surface area contributed by atoms with E-state index in [1.54, 1.807) is 42.4 Å². The molecule has 2 aliphatic heterocycles. The highest BCUT2D eigenvalue weighted by molar-refractivity contribution is 7.99. The van der Waals surface area contributed by atoms with E-state index in [0.29, 0.717) is 11.3 Å². The molecule has 0 saturated carbocycles. The number of anilines is 2. The Morgan fingerprint density at radius 1 is 0.800 bits per heavy atom.